The van der Waals surface area contributed by atoms with Gasteiger partial charge < -0.3 is 9.15 Å². The molecule has 0 atom stereocenters. The Balaban J connectivity index is 1.90. The topological polar surface area (TPSA) is 75.1 Å². The van der Waals surface area contributed by atoms with Crippen LogP contribution in [0, 0.1) is 13.8 Å². The molecule has 0 aliphatic carbocycles. The molecule has 114 valence electrons. The van der Waals surface area contributed by atoms with E-state index in [0.29, 0.717) is 23.2 Å². The Labute approximate surface area is 128 Å². The van der Waals surface area contributed by atoms with E-state index in [9.17, 15) is 4.79 Å². The van der Waals surface area contributed by atoms with Crippen LogP contribution in [0.1, 0.15) is 18.3 Å². The van der Waals surface area contributed by atoms with E-state index in [-0.39, 0.29) is 12.3 Å². The third kappa shape index (κ3) is 2.41. The molecule has 1 aromatic carbocycles. The second-order valence-corrected chi connectivity index (χ2v) is 4.93. The molecule has 0 aliphatic heterocycles. The molecule has 2 aromatic heterocycles. The van der Waals surface area contributed by atoms with Gasteiger partial charge in [-0.2, -0.15) is 9.36 Å². The summed E-state index contributed by atoms with van der Waals surface area (Å²) >= 11 is 0. The number of ether oxygens (including phenoxy) is 1. The van der Waals surface area contributed by atoms with E-state index >= 15 is 0 Å². The average molecular weight is 302 g/mol. The van der Waals surface area contributed by atoms with Gasteiger partial charge in [0.15, 0.2) is 0 Å². The van der Waals surface area contributed by atoms with Crippen LogP contribution < -0.4 is 10.4 Å². The van der Waals surface area contributed by atoms with Gasteiger partial charge in [0.25, 0.3) is 0 Å². The van der Waals surface area contributed by atoms with E-state index < -0.39 is 0 Å². The van der Waals surface area contributed by atoms with Crippen molar-refractivity contribution >= 4 is 0 Å². The van der Waals surface area contributed by atoms with E-state index in [1.807, 2.05) is 6.92 Å². The lowest BCUT2D eigenvalue weighted by molar-refractivity contribution is 0.300. The van der Waals surface area contributed by atoms with Gasteiger partial charge in [0.2, 0.25) is 0 Å². The van der Waals surface area contributed by atoms with Gasteiger partial charge in [0.05, 0.1) is 6.93 Å². The zero-order chi connectivity index (χ0) is 16.6. The molecule has 0 bridgehead atoms. The molecule has 3 aromatic rings. The minimum absolute atomic E-state index is 0.221. The lowest BCUT2D eigenvalue weighted by Gasteiger charge is -2.09. The number of furan rings is 1. The summed E-state index contributed by atoms with van der Waals surface area (Å²) in [6, 6.07) is 5.58. The molecule has 0 fully saturated rings. The monoisotopic (exact) mass is 302 g/mol. The SMILES string of the molecule is [3H]c1ccc(OCc2c(-n3nnn(C)c3=O)coc2C)c(C)c1. The van der Waals surface area contributed by atoms with E-state index in [0.717, 1.165) is 15.8 Å². The number of benzene rings is 1. The van der Waals surface area contributed by atoms with Crippen LogP contribution >= 0.6 is 0 Å². The van der Waals surface area contributed by atoms with Gasteiger partial charge >= 0.3 is 5.69 Å². The third-order valence-corrected chi connectivity index (χ3v) is 3.42. The lowest BCUT2D eigenvalue weighted by Crippen LogP contribution is -2.22. The Morgan fingerprint density at radius 2 is 2.18 bits per heavy atom. The maximum absolute atomic E-state index is 12.0. The highest BCUT2D eigenvalue weighted by Crippen LogP contribution is 2.23. The highest BCUT2D eigenvalue weighted by atomic mass is 16.5. The Morgan fingerprint density at radius 3 is 2.86 bits per heavy atom. The Morgan fingerprint density at radius 1 is 1.36 bits per heavy atom. The molecule has 22 heavy (non-hydrogen) atoms. The molecule has 7 nitrogen and oxygen atoms in total. The van der Waals surface area contributed by atoms with Crippen molar-refractivity contribution in [1.29, 1.82) is 0 Å². The standard InChI is InChI=1S/C15H16N4O3/c1-10-6-4-5-7-14(10)22-8-12-11(2)21-9-13(12)19-15(20)18(3)16-17-19/h4-7,9H,8H2,1-3H3/i4T. The molecule has 0 amide bonds. The summed E-state index contributed by atoms with van der Waals surface area (Å²) in [6.45, 7) is 3.89. The number of aryl methyl sites for hydroxylation is 3. The molecule has 0 aliphatic rings. The number of hydrogen-bond acceptors (Lipinski definition) is 5. The van der Waals surface area contributed by atoms with Crippen LogP contribution in [0.2, 0.25) is 0 Å². The highest BCUT2D eigenvalue weighted by Gasteiger charge is 2.17. The van der Waals surface area contributed by atoms with Crippen molar-refractivity contribution in [2.24, 2.45) is 7.05 Å². The molecule has 0 radical (unpaired) electrons. The molecule has 0 saturated carbocycles. The normalized spacial score (nSPS) is 11.5. The van der Waals surface area contributed by atoms with Gasteiger partial charge in [-0.05, 0) is 35.9 Å². The predicted molar refractivity (Wildman–Crippen MR) is 79.1 cm³/mol. The Hall–Kier alpha value is -2.83. The summed E-state index contributed by atoms with van der Waals surface area (Å²) in [6.07, 6.45) is 1.46. The fraction of sp³-hybridized carbons (Fsp3) is 0.267. The van der Waals surface area contributed by atoms with Crippen LogP contribution in [0.15, 0.2) is 39.7 Å². The predicted octanol–water partition coefficient (Wildman–Crippen LogP) is 1.75. The molecular formula is C15H16N4O3. The van der Waals surface area contributed by atoms with Gasteiger partial charge in [0.1, 0.15) is 30.1 Å². The summed E-state index contributed by atoms with van der Waals surface area (Å²) in [7, 11) is 1.53. The minimum atomic E-state index is -0.359. The Bertz CT molecular complexity index is 910. The first kappa shape index (κ1) is 12.9. The number of aromatic nitrogens is 4. The molecule has 0 unspecified atom stereocenters. The molecule has 0 saturated heterocycles. The summed E-state index contributed by atoms with van der Waals surface area (Å²) in [4.78, 5) is 12.0. The van der Waals surface area contributed by atoms with Crippen LogP contribution in [0.25, 0.3) is 5.69 Å². The van der Waals surface area contributed by atoms with E-state index in [1.54, 1.807) is 25.1 Å². The summed E-state index contributed by atoms with van der Waals surface area (Å²) < 4.78 is 21.1. The van der Waals surface area contributed by atoms with Crippen molar-refractivity contribution in [3.8, 4) is 11.4 Å². The van der Waals surface area contributed by atoms with Gasteiger partial charge in [-0.3, -0.25) is 0 Å². The first-order chi connectivity index (χ1) is 11.0. The number of hydrogen-bond donors (Lipinski definition) is 0. The van der Waals surface area contributed by atoms with E-state index in [1.165, 1.54) is 18.0 Å². The second kappa shape index (κ2) is 5.51. The van der Waals surface area contributed by atoms with Gasteiger partial charge in [-0.25, -0.2) is 4.79 Å². The van der Waals surface area contributed by atoms with Crippen molar-refractivity contribution < 1.29 is 10.5 Å². The molecular weight excluding hydrogens is 284 g/mol. The number of tetrazole rings is 1. The molecule has 2 heterocycles. The summed E-state index contributed by atoms with van der Waals surface area (Å²) in [5, 5.41) is 7.52. The van der Waals surface area contributed by atoms with Crippen molar-refractivity contribution in [3.05, 3.63) is 57.9 Å². The second-order valence-electron chi connectivity index (χ2n) is 4.93. The fourth-order valence-electron chi connectivity index (χ4n) is 2.10. The van der Waals surface area contributed by atoms with Crippen molar-refractivity contribution in [2.75, 3.05) is 0 Å². The van der Waals surface area contributed by atoms with Crippen molar-refractivity contribution in [1.82, 2.24) is 19.8 Å². The van der Waals surface area contributed by atoms with Gasteiger partial charge in [-0.1, -0.05) is 18.2 Å². The fourth-order valence-corrected chi connectivity index (χ4v) is 2.10. The van der Waals surface area contributed by atoms with Crippen LogP contribution in [-0.4, -0.2) is 19.8 Å². The largest absolute Gasteiger partial charge is 0.488 e. The quantitative estimate of drug-likeness (QED) is 0.734. The zero-order valence-electron chi connectivity index (χ0n) is 13.5. The first-order valence-electron chi connectivity index (χ1n) is 7.24. The maximum atomic E-state index is 12.0. The Kier molecular flexibility index (Phi) is 3.23. The molecule has 0 spiro atoms. The van der Waals surface area contributed by atoms with Crippen molar-refractivity contribution in [2.45, 2.75) is 20.5 Å². The average Bonchev–Trinajstić information content (AvgIpc) is 3.02. The van der Waals surface area contributed by atoms with Crippen LogP contribution in [0.4, 0.5) is 0 Å². The minimum Gasteiger partial charge on any atom is -0.488 e. The summed E-state index contributed by atoms with van der Waals surface area (Å²) in [5.74, 6) is 1.33. The van der Waals surface area contributed by atoms with Crippen LogP contribution in [-0.2, 0) is 13.7 Å². The van der Waals surface area contributed by atoms with Gasteiger partial charge in [0, 0.05) is 7.05 Å². The number of para-hydroxylation sites is 1. The number of nitrogens with zero attached hydrogens (tertiary/aromatic N) is 4. The maximum Gasteiger partial charge on any atom is 0.368 e. The smallest absolute Gasteiger partial charge is 0.368 e. The van der Waals surface area contributed by atoms with E-state index in [2.05, 4.69) is 10.4 Å². The highest BCUT2D eigenvalue weighted by molar-refractivity contribution is 5.40. The van der Waals surface area contributed by atoms with Crippen LogP contribution in [0.3, 0.4) is 0 Å². The van der Waals surface area contributed by atoms with Crippen LogP contribution in [0.5, 0.6) is 5.75 Å². The van der Waals surface area contributed by atoms with Gasteiger partial charge in [-0.15, -0.1) is 0 Å². The molecule has 7 heteroatoms. The lowest BCUT2D eigenvalue weighted by atomic mass is 10.2. The first-order valence-corrected chi connectivity index (χ1v) is 6.74. The molecule has 0 N–H and O–H groups in total. The zero-order valence-corrected chi connectivity index (χ0v) is 12.5. The van der Waals surface area contributed by atoms with E-state index in [4.69, 9.17) is 10.5 Å². The third-order valence-electron chi connectivity index (χ3n) is 3.42. The number of rotatable bonds is 4. The molecule has 3 rings (SSSR count). The summed E-state index contributed by atoms with van der Waals surface area (Å²) in [5.41, 5.74) is 1.75. The van der Waals surface area contributed by atoms with Crippen molar-refractivity contribution in [3.63, 3.8) is 0 Å².